The lowest BCUT2D eigenvalue weighted by molar-refractivity contribution is 0.558. The van der Waals surface area contributed by atoms with Crippen LogP contribution in [0.1, 0.15) is 71.1 Å². The van der Waals surface area contributed by atoms with Crippen molar-refractivity contribution in [1.82, 2.24) is 4.98 Å². The summed E-state index contributed by atoms with van der Waals surface area (Å²) in [4.78, 5) is 4.06. The van der Waals surface area contributed by atoms with Gasteiger partial charge in [0.2, 0.25) is 0 Å². The lowest BCUT2D eigenvalue weighted by Crippen LogP contribution is -2.07. The fourth-order valence-corrected chi connectivity index (χ4v) is 3.70. The summed E-state index contributed by atoms with van der Waals surface area (Å²) in [6, 6.07) is 3.12. The molecule has 0 amide bonds. The van der Waals surface area contributed by atoms with E-state index in [1.807, 2.05) is 0 Å². The van der Waals surface area contributed by atoms with Crippen LogP contribution in [0.2, 0.25) is 0 Å². The number of hydrogen-bond donors (Lipinski definition) is 0. The van der Waals surface area contributed by atoms with Crippen LogP contribution < -0.4 is 0 Å². The number of sulfone groups is 1. The summed E-state index contributed by atoms with van der Waals surface area (Å²) in [5.74, 6) is 0.231. The summed E-state index contributed by atoms with van der Waals surface area (Å²) in [5, 5.41) is 0. The summed E-state index contributed by atoms with van der Waals surface area (Å²) >= 11 is 0. The predicted molar refractivity (Wildman–Crippen MR) is 87.0 cm³/mol. The highest BCUT2D eigenvalue weighted by molar-refractivity contribution is 7.91. The van der Waals surface area contributed by atoms with Crippen LogP contribution >= 0.6 is 0 Å². The zero-order valence-corrected chi connectivity index (χ0v) is 14.0. The zero-order valence-electron chi connectivity index (χ0n) is 13.2. The van der Waals surface area contributed by atoms with Crippen molar-refractivity contribution in [2.45, 2.75) is 76.0 Å². The Morgan fingerprint density at radius 3 is 2.05 bits per heavy atom. The second-order valence-electron chi connectivity index (χ2n) is 5.62. The topological polar surface area (TPSA) is 47.0 Å². The van der Waals surface area contributed by atoms with E-state index in [1.165, 1.54) is 51.1 Å². The maximum atomic E-state index is 12.0. The third kappa shape index (κ3) is 8.20. The molecule has 1 rings (SSSR count). The first kappa shape index (κ1) is 18.1. The summed E-state index contributed by atoms with van der Waals surface area (Å²) < 4.78 is 24.0. The number of nitrogens with zero attached hydrogens (tertiary/aromatic N) is 1. The molecule has 1 aromatic heterocycles. The fraction of sp³-hybridized carbons (Fsp3) is 0.706. The van der Waals surface area contributed by atoms with Gasteiger partial charge in [-0.1, -0.05) is 64.7 Å². The van der Waals surface area contributed by atoms with Gasteiger partial charge in [-0.2, -0.15) is 0 Å². The third-order valence-electron chi connectivity index (χ3n) is 3.71. The molecule has 3 nitrogen and oxygen atoms in total. The molecule has 1 radical (unpaired) electrons. The Hall–Kier alpha value is -0.900. The molecule has 0 aliphatic heterocycles. The van der Waals surface area contributed by atoms with Crippen LogP contribution in [-0.2, 0) is 9.84 Å². The van der Waals surface area contributed by atoms with E-state index in [1.54, 1.807) is 12.1 Å². The highest BCUT2D eigenvalue weighted by Gasteiger charge is 2.13. The Bertz CT molecular complexity index is 457. The highest BCUT2D eigenvalue weighted by atomic mass is 32.2. The number of unbranched alkanes of at least 4 members (excludes halogenated alkanes) is 9. The number of pyridine rings is 1. The summed E-state index contributed by atoms with van der Waals surface area (Å²) in [7, 11) is -3.15. The molecule has 0 saturated heterocycles. The average molecular weight is 310 g/mol. The summed E-state index contributed by atoms with van der Waals surface area (Å²) in [5.41, 5.74) is 0. The average Bonchev–Trinajstić information content (AvgIpc) is 2.50. The van der Waals surface area contributed by atoms with Gasteiger partial charge in [-0.25, -0.2) is 8.42 Å². The number of hydrogen-bond acceptors (Lipinski definition) is 3. The van der Waals surface area contributed by atoms with Gasteiger partial charge in [0.15, 0.2) is 9.84 Å². The van der Waals surface area contributed by atoms with Crippen LogP contribution in [0.3, 0.4) is 0 Å². The minimum atomic E-state index is -3.15. The van der Waals surface area contributed by atoms with Gasteiger partial charge in [-0.05, 0) is 18.6 Å². The van der Waals surface area contributed by atoms with Crippen LogP contribution in [0.15, 0.2) is 23.2 Å². The van der Waals surface area contributed by atoms with Crippen molar-refractivity contribution in [3.05, 3.63) is 24.5 Å². The van der Waals surface area contributed by atoms with E-state index in [4.69, 9.17) is 0 Å². The van der Waals surface area contributed by atoms with E-state index in [-0.39, 0.29) is 5.75 Å². The van der Waals surface area contributed by atoms with Crippen molar-refractivity contribution < 1.29 is 8.42 Å². The van der Waals surface area contributed by atoms with Crippen LogP contribution in [0.4, 0.5) is 0 Å². The minimum absolute atomic E-state index is 0.231. The van der Waals surface area contributed by atoms with Gasteiger partial charge in [0.1, 0.15) is 0 Å². The van der Waals surface area contributed by atoms with Crippen molar-refractivity contribution in [2.24, 2.45) is 0 Å². The quantitative estimate of drug-likeness (QED) is 0.531. The van der Waals surface area contributed by atoms with Gasteiger partial charge >= 0.3 is 0 Å². The Morgan fingerprint density at radius 1 is 0.952 bits per heavy atom. The molecule has 0 N–H and O–H groups in total. The van der Waals surface area contributed by atoms with Gasteiger partial charge in [0.05, 0.1) is 16.8 Å². The maximum Gasteiger partial charge on any atom is 0.179 e. The molecule has 0 bridgehead atoms. The zero-order chi connectivity index (χ0) is 15.4. The molecule has 0 spiro atoms. The highest BCUT2D eigenvalue weighted by Crippen LogP contribution is 2.14. The lowest BCUT2D eigenvalue weighted by atomic mass is 10.1. The van der Waals surface area contributed by atoms with Gasteiger partial charge in [0, 0.05) is 6.20 Å². The largest absolute Gasteiger partial charge is 0.253 e. The third-order valence-corrected chi connectivity index (χ3v) is 5.50. The predicted octanol–water partition coefficient (Wildman–Crippen LogP) is 4.58. The first-order valence-corrected chi connectivity index (χ1v) is 9.87. The number of aromatic nitrogens is 1. The van der Waals surface area contributed by atoms with E-state index in [9.17, 15) is 8.42 Å². The normalized spacial score (nSPS) is 11.7. The van der Waals surface area contributed by atoms with E-state index < -0.39 is 9.84 Å². The molecule has 21 heavy (non-hydrogen) atoms. The van der Waals surface area contributed by atoms with E-state index >= 15 is 0 Å². The second-order valence-corrected chi connectivity index (χ2v) is 7.73. The first-order chi connectivity index (χ1) is 10.2. The van der Waals surface area contributed by atoms with Crippen LogP contribution in [0.5, 0.6) is 0 Å². The van der Waals surface area contributed by atoms with Gasteiger partial charge in [0.25, 0.3) is 0 Å². The van der Waals surface area contributed by atoms with Crippen LogP contribution in [-0.4, -0.2) is 19.2 Å². The molecule has 0 atom stereocenters. The van der Waals surface area contributed by atoms with Crippen LogP contribution in [0.25, 0.3) is 0 Å². The molecule has 4 heteroatoms. The Balaban J connectivity index is 2.04. The van der Waals surface area contributed by atoms with Gasteiger partial charge in [-0.15, -0.1) is 0 Å². The molecule has 1 heterocycles. The molecule has 0 unspecified atom stereocenters. The monoisotopic (exact) mass is 310 g/mol. The summed E-state index contributed by atoms with van der Waals surface area (Å²) in [6.07, 6.45) is 16.1. The van der Waals surface area contributed by atoms with Crippen LogP contribution in [0, 0.1) is 6.20 Å². The minimum Gasteiger partial charge on any atom is -0.253 e. The van der Waals surface area contributed by atoms with E-state index in [0.717, 1.165) is 19.3 Å². The fourth-order valence-electron chi connectivity index (χ4n) is 2.39. The van der Waals surface area contributed by atoms with E-state index in [2.05, 4.69) is 18.1 Å². The Morgan fingerprint density at radius 2 is 1.52 bits per heavy atom. The van der Waals surface area contributed by atoms with Crippen molar-refractivity contribution in [3.63, 3.8) is 0 Å². The SMILES string of the molecule is CCCCCCCCCCCCS(=O)(=O)c1cc[c]nc1. The molecule has 0 aromatic carbocycles. The molecular formula is C17H28NO2S. The number of rotatable bonds is 12. The smallest absolute Gasteiger partial charge is 0.179 e. The van der Waals surface area contributed by atoms with E-state index in [0.29, 0.717) is 4.90 Å². The van der Waals surface area contributed by atoms with Gasteiger partial charge in [-0.3, -0.25) is 4.98 Å². The molecule has 0 saturated carbocycles. The van der Waals surface area contributed by atoms with Crippen molar-refractivity contribution in [2.75, 3.05) is 5.75 Å². The molecular weight excluding hydrogens is 282 g/mol. The lowest BCUT2D eigenvalue weighted by Gasteiger charge is -2.04. The summed E-state index contributed by atoms with van der Waals surface area (Å²) in [6.45, 7) is 2.23. The first-order valence-electron chi connectivity index (χ1n) is 8.21. The molecule has 0 aliphatic rings. The van der Waals surface area contributed by atoms with Gasteiger partial charge < -0.3 is 0 Å². The van der Waals surface area contributed by atoms with Crippen molar-refractivity contribution in [3.8, 4) is 0 Å². The maximum absolute atomic E-state index is 12.0. The molecule has 0 fully saturated rings. The Labute approximate surface area is 130 Å². The molecule has 1 aromatic rings. The standard InChI is InChI=1S/C17H28NO2S/c1-2-3-4-5-6-7-8-9-10-11-15-21(19,20)17-13-12-14-18-16-17/h12-13,16H,2-11,15H2,1H3. The second kappa shape index (κ2) is 10.8. The van der Waals surface area contributed by atoms with Crippen molar-refractivity contribution in [1.29, 1.82) is 0 Å². The van der Waals surface area contributed by atoms with Crippen molar-refractivity contribution >= 4 is 9.84 Å². The Kier molecular flexibility index (Phi) is 9.31. The molecule has 0 aliphatic carbocycles. The molecule has 119 valence electrons.